The lowest BCUT2D eigenvalue weighted by Gasteiger charge is -2.06. The van der Waals surface area contributed by atoms with Crippen LogP contribution in [0, 0.1) is 0 Å². The molecular formula is C8H11NO3S. The third-order valence-electron chi connectivity index (χ3n) is 1.72. The number of benzene rings is 1. The Labute approximate surface area is 76.9 Å². The molecule has 0 aliphatic carbocycles. The van der Waals surface area contributed by atoms with E-state index in [-0.39, 0.29) is 22.1 Å². The monoisotopic (exact) mass is 201 g/mol. The minimum atomic E-state index is -3.43. The zero-order valence-electron chi connectivity index (χ0n) is 7.19. The fraction of sp³-hybridized carbons (Fsp3) is 0.250. The molecule has 72 valence electrons. The predicted octanol–water partition coefficient (Wildman–Crippen LogP) is 0.768. The molecular weight excluding hydrogens is 190 g/mol. The van der Waals surface area contributed by atoms with Gasteiger partial charge >= 0.3 is 0 Å². The van der Waals surface area contributed by atoms with Crippen molar-refractivity contribution in [2.45, 2.75) is 11.8 Å². The van der Waals surface area contributed by atoms with Gasteiger partial charge in [-0.1, -0.05) is 13.0 Å². The molecule has 5 heteroatoms. The molecule has 1 aromatic rings. The molecule has 0 fully saturated rings. The Balaban J connectivity index is 3.46. The summed E-state index contributed by atoms with van der Waals surface area (Å²) in [7, 11) is -3.43. The summed E-state index contributed by atoms with van der Waals surface area (Å²) in [6.07, 6.45) is 0. The van der Waals surface area contributed by atoms with Crippen LogP contribution in [0.1, 0.15) is 6.92 Å². The first-order valence-electron chi connectivity index (χ1n) is 3.79. The summed E-state index contributed by atoms with van der Waals surface area (Å²) in [6, 6.07) is 4.25. The van der Waals surface area contributed by atoms with Gasteiger partial charge in [0.15, 0.2) is 9.84 Å². The Morgan fingerprint density at radius 2 is 2.08 bits per heavy atom. The lowest BCUT2D eigenvalue weighted by Crippen LogP contribution is -2.07. The van der Waals surface area contributed by atoms with E-state index in [1.807, 2.05) is 0 Å². The summed E-state index contributed by atoms with van der Waals surface area (Å²) < 4.78 is 22.8. The fourth-order valence-corrected chi connectivity index (χ4v) is 2.13. The van der Waals surface area contributed by atoms with Gasteiger partial charge in [0, 0.05) is 0 Å². The number of sulfone groups is 1. The van der Waals surface area contributed by atoms with Crippen molar-refractivity contribution in [3.05, 3.63) is 18.2 Å². The largest absolute Gasteiger partial charge is 0.507 e. The highest BCUT2D eigenvalue weighted by molar-refractivity contribution is 7.91. The van der Waals surface area contributed by atoms with Gasteiger partial charge in [0.25, 0.3) is 0 Å². The highest BCUT2D eigenvalue weighted by Gasteiger charge is 2.19. The number of rotatable bonds is 2. The van der Waals surface area contributed by atoms with Crippen molar-refractivity contribution >= 4 is 15.5 Å². The standard InChI is InChI=1S/C8H11NO3S/c1-2-13(11,12)8-6(9)4-3-5-7(8)10/h3-5,10H,2,9H2,1H3. The molecule has 0 saturated carbocycles. The maximum Gasteiger partial charge on any atom is 0.183 e. The molecule has 0 saturated heterocycles. The van der Waals surface area contributed by atoms with E-state index in [9.17, 15) is 13.5 Å². The molecule has 3 N–H and O–H groups in total. The first kappa shape index (κ1) is 9.85. The van der Waals surface area contributed by atoms with Gasteiger partial charge in [0.1, 0.15) is 10.6 Å². The topological polar surface area (TPSA) is 80.4 Å². The molecule has 0 spiro atoms. The van der Waals surface area contributed by atoms with Crippen LogP contribution in [0.5, 0.6) is 5.75 Å². The van der Waals surface area contributed by atoms with Gasteiger partial charge in [-0.05, 0) is 12.1 Å². The van der Waals surface area contributed by atoms with Crippen LogP contribution in [0.25, 0.3) is 0 Å². The van der Waals surface area contributed by atoms with Gasteiger partial charge in [-0.2, -0.15) is 0 Å². The van der Waals surface area contributed by atoms with Crippen molar-refractivity contribution in [3.8, 4) is 5.75 Å². The molecule has 0 heterocycles. The Kier molecular flexibility index (Phi) is 2.47. The summed E-state index contributed by atoms with van der Waals surface area (Å²) in [5.74, 6) is -0.365. The molecule has 13 heavy (non-hydrogen) atoms. The Morgan fingerprint density at radius 3 is 2.54 bits per heavy atom. The lowest BCUT2D eigenvalue weighted by molar-refractivity contribution is 0.459. The number of hydrogen-bond donors (Lipinski definition) is 2. The van der Waals surface area contributed by atoms with Gasteiger partial charge in [-0.25, -0.2) is 8.42 Å². The Morgan fingerprint density at radius 1 is 1.46 bits per heavy atom. The van der Waals surface area contributed by atoms with E-state index in [2.05, 4.69) is 0 Å². The molecule has 0 atom stereocenters. The van der Waals surface area contributed by atoms with Crippen LogP contribution in [0.4, 0.5) is 5.69 Å². The average Bonchev–Trinajstić information content (AvgIpc) is 2.03. The summed E-state index contributed by atoms with van der Waals surface area (Å²) in [6.45, 7) is 1.50. The number of nitrogen functional groups attached to an aromatic ring is 1. The predicted molar refractivity (Wildman–Crippen MR) is 50.2 cm³/mol. The lowest BCUT2D eigenvalue weighted by atomic mass is 10.3. The van der Waals surface area contributed by atoms with Crippen LogP contribution >= 0.6 is 0 Å². The van der Waals surface area contributed by atoms with E-state index in [4.69, 9.17) is 5.73 Å². The fourth-order valence-electron chi connectivity index (χ4n) is 1.03. The summed E-state index contributed by atoms with van der Waals surface area (Å²) in [5, 5.41) is 9.30. The first-order chi connectivity index (χ1) is 5.99. The normalized spacial score (nSPS) is 11.5. The number of aromatic hydroxyl groups is 1. The van der Waals surface area contributed by atoms with Crippen LogP contribution in [-0.4, -0.2) is 19.3 Å². The van der Waals surface area contributed by atoms with Crippen LogP contribution in [0.15, 0.2) is 23.1 Å². The molecule has 0 bridgehead atoms. The molecule has 0 aromatic heterocycles. The third kappa shape index (κ3) is 1.75. The van der Waals surface area contributed by atoms with Crippen LogP contribution < -0.4 is 5.73 Å². The van der Waals surface area contributed by atoms with Gasteiger partial charge in [-0.3, -0.25) is 0 Å². The van der Waals surface area contributed by atoms with Crippen molar-refractivity contribution in [2.24, 2.45) is 0 Å². The van der Waals surface area contributed by atoms with Gasteiger partial charge in [0.2, 0.25) is 0 Å². The zero-order valence-corrected chi connectivity index (χ0v) is 8.00. The minimum absolute atomic E-state index is 0.0746. The minimum Gasteiger partial charge on any atom is -0.507 e. The molecule has 0 aliphatic rings. The van der Waals surface area contributed by atoms with Crippen LogP contribution in [0.3, 0.4) is 0 Å². The molecule has 0 aliphatic heterocycles. The highest BCUT2D eigenvalue weighted by atomic mass is 32.2. The second-order valence-corrected chi connectivity index (χ2v) is 4.81. The molecule has 0 radical (unpaired) electrons. The second-order valence-electron chi connectivity index (χ2n) is 2.60. The van der Waals surface area contributed by atoms with E-state index in [1.165, 1.54) is 25.1 Å². The van der Waals surface area contributed by atoms with Gasteiger partial charge in [-0.15, -0.1) is 0 Å². The number of anilines is 1. The quantitative estimate of drug-likeness (QED) is 0.692. The second kappa shape index (κ2) is 3.26. The van der Waals surface area contributed by atoms with Crippen molar-refractivity contribution in [1.82, 2.24) is 0 Å². The summed E-state index contributed by atoms with van der Waals surface area (Å²) in [5.41, 5.74) is 5.53. The molecule has 1 rings (SSSR count). The van der Waals surface area contributed by atoms with Crippen molar-refractivity contribution in [2.75, 3.05) is 11.5 Å². The van der Waals surface area contributed by atoms with Crippen molar-refractivity contribution in [1.29, 1.82) is 0 Å². The number of hydrogen-bond acceptors (Lipinski definition) is 4. The van der Waals surface area contributed by atoms with Gasteiger partial charge in [0.05, 0.1) is 11.4 Å². The Hall–Kier alpha value is -1.23. The molecule has 0 amide bonds. The maximum atomic E-state index is 11.4. The average molecular weight is 201 g/mol. The summed E-state index contributed by atoms with van der Waals surface area (Å²) >= 11 is 0. The van der Waals surface area contributed by atoms with E-state index < -0.39 is 9.84 Å². The number of phenolic OH excluding ortho intramolecular Hbond substituents is 1. The SMILES string of the molecule is CCS(=O)(=O)c1c(N)cccc1O. The summed E-state index contributed by atoms with van der Waals surface area (Å²) in [4.78, 5) is -0.169. The van der Waals surface area contributed by atoms with Crippen molar-refractivity contribution in [3.63, 3.8) is 0 Å². The maximum absolute atomic E-state index is 11.4. The smallest absolute Gasteiger partial charge is 0.183 e. The van der Waals surface area contributed by atoms with E-state index in [0.717, 1.165) is 0 Å². The highest BCUT2D eigenvalue weighted by Crippen LogP contribution is 2.28. The van der Waals surface area contributed by atoms with Gasteiger partial charge < -0.3 is 10.8 Å². The van der Waals surface area contributed by atoms with E-state index >= 15 is 0 Å². The number of nitrogens with two attached hydrogens (primary N) is 1. The Bertz CT molecular complexity index is 391. The molecule has 4 nitrogen and oxygen atoms in total. The van der Waals surface area contributed by atoms with E-state index in [0.29, 0.717) is 0 Å². The van der Waals surface area contributed by atoms with E-state index in [1.54, 1.807) is 0 Å². The first-order valence-corrected chi connectivity index (χ1v) is 5.44. The third-order valence-corrected chi connectivity index (χ3v) is 3.54. The van der Waals surface area contributed by atoms with Crippen molar-refractivity contribution < 1.29 is 13.5 Å². The number of phenols is 1. The molecule has 0 unspecified atom stereocenters. The van der Waals surface area contributed by atoms with Crippen LogP contribution in [0.2, 0.25) is 0 Å². The zero-order chi connectivity index (χ0) is 10.1. The van der Waals surface area contributed by atoms with Crippen LogP contribution in [-0.2, 0) is 9.84 Å². The molecule has 1 aromatic carbocycles.